The smallest absolute Gasteiger partial charge is 0.268 e. The summed E-state index contributed by atoms with van der Waals surface area (Å²) < 4.78 is 5.42. The average molecular weight is 422 g/mol. The molecule has 2 heterocycles. The van der Waals surface area contributed by atoms with Crippen LogP contribution in [0.3, 0.4) is 0 Å². The Kier molecular flexibility index (Phi) is 5.38. The minimum Gasteiger partial charge on any atom is -0.375 e. The topological polar surface area (TPSA) is 71.3 Å². The third-order valence-corrected chi connectivity index (χ3v) is 6.91. The number of aryl methyl sites for hydroxylation is 2. The highest BCUT2D eigenvalue weighted by atomic mass is 16.5. The van der Waals surface area contributed by atoms with E-state index in [0.717, 1.165) is 32.4 Å². The number of fused-ring (bicyclic) bond motifs is 2. The van der Waals surface area contributed by atoms with Gasteiger partial charge in [-0.15, -0.1) is 0 Å². The number of hydrogen-bond donors (Lipinski definition) is 2. The molecule has 1 saturated heterocycles. The van der Waals surface area contributed by atoms with Gasteiger partial charge in [0.05, 0.1) is 25.3 Å². The van der Waals surface area contributed by atoms with Crippen LogP contribution in [0.4, 0.5) is 5.69 Å². The number of para-hydroxylation sites is 1. The van der Waals surface area contributed by atoms with Crippen LogP contribution in [0.5, 0.6) is 0 Å². The molecule has 2 aromatic rings. The van der Waals surface area contributed by atoms with Gasteiger partial charge in [0, 0.05) is 11.1 Å². The van der Waals surface area contributed by atoms with Crippen molar-refractivity contribution < 1.29 is 24.3 Å². The maximum atomic E-state index is 13.4. The largest absolute Gasteiger partial charge is 0.375 e. The van der Waals surface area contributed by atoms with Gasteiger partial charge in [0.2, 0.25) is 0 Å². The maximum absolute atomic E-state index is 13.4. The monoisotopic (exact) mass is 421 g/mol. The minimum absolute atomic E-state index is 0.195. The molecule has 0 unspecified atom stereocenters. The van der Waals surface area contributed by atoms with E-state index < -0.39 is 11.5 Å². The molecule has 1 atom stereocenters. The quantitative estimate of drug-likeness (QED) is 0.713. The molecular formula is C25H29N2O4+. The number of Topliss-reactive ketones (excluding diaryl/α,β-unsaturated/α-hetero) is 1. The number of morpholine rings is 1. The Hall–Kier alpha value is -2.54. The van der Waals surface area contributed by atoms with Crippen molar-refractivity contribution in [3.63, 3.8) is 0 Å². The Morgan fingerprint density at radius 3 is 2.61 bits per heavy atom. The first-order valence-electron chi connectivity index (χ1n) is 11.3. The third kappa shape index (κ3) is 3.69. The Morgan fingerprint density at radius 1 is 1.06 bits per heavy atom. The van der Waals surface area contributed by atoms with Crippen LogP contribution >= 0.6 is 0 Å². The second kappa shape index (κ2) is 8.19. The number of nitrogens with one attached hydrogen (secondary N) is 1. The standard InChI is InChI=1S/C25H28N2O4/c28-23(20-10-9-18-5-1-2-6-19(18)15-20)16-25(30)21-7-3-4-8-22(21)27(24(25)29)17-26-11-13-31-14-12-26/h3-4,7-10,15,30H,1-2,5-6,11-14,16-17H2/p+1/t25-/m0/s1. The summed E-state index contributed by atoms with van der Waals surface area (Å²) >= 11 is 0. The summed E-state index contributed by atoms with van der Waals surface area (Å²) in [7, 11) is 0. The molecule has 3 aliphatic rings. The molecule has 5 rings (SSSR count). The number of amides is 1. The van der Waals surface area contributed by atoms with E-state index >= 15 is 0 Å². The lowest BCUT2D eigenvalue weighted by Gasteiger charge is -2.29. The molecule has 6 nitrogen and oxygen atoms in total. The van der Waals surface area contributed by atoms with Crippen LogP contribution in [0.25, 0.3) is 0 Å². The van der Waals surface area contributed by atoms with Gasteiger partial charge in [-0.3, -0.25) is 14.5 Å². The van der Waals surface area contributed by atoms with Crippen molar-refractivity contribution in [2.45, 2.75) is 37.7 Å². The average Bonchev–Trinajstić information content (AvgIpc) is 3.01. The molecule has 1 fully saturated rings. The zero-order valence-corrected chi connectivity index (χ0v) is 17.7. The van der Waals surface area contributed by atoms with Gasteiger partial charge in [-0.25, -0.2) is 0 Å². The lowest BCUT2D eigenvalue weighted by atomic mass is 9.85. The Morgan fingerprint density at radius 2 is 1.81 bits per heavy atom. The van der Waals surface area contributed by atoms with Crippen LogP contribution in [0, 0.1) is 0 Å². The van der Waals surface area contributed by atoms with Crippen molar-refractivity contribution in [3.8, 4) is 0 Å². The van der Waals surface area contributed by atoms with Gasteiger partial charge in [0.25, 0.3) is 5.91 Å². The number of carbonyl (C=O) groups excluding carboxylic acids is 2. The first-order valence-corrected chi connectivity index (χ1v) is 11.3. The fourth-order valence-corrected chi connectivity index (χ4v) is 5.12. The molecule has 0 saturated carbocycles. The van der Waals surface area contributed by atoms with Gasteiger partial charge >= 0.3 is 0 Å². The van der Waals surface area contributed by atoms with E-state index in [9.17, 15) is 14.7 Å². The molecule has 0 aromatic heterocycles. The third-order valence-electron chi connectivity index (χ3n) is 6.91. The molecule has 162 valence electrons. The second-order valence-corrected chi connectivity index (χ2v) is 8.92. The SMILES string of the molecule is O=C(C[C@@]1(O)C(=O)N(C[NH+]2CCOCC2)c2ccccc21)c1ccc2c(c1)CCCC2. The number of ketones is 1. The van der Waals surface area contributed by atoms with E-state index in [-0.39, 0.29) is 12.2 Å². The lowest BCUT2D eigenvalue weighted by molar-refractivity contribution is -0.906. The van der Waals surface area contributed by atoms with E-state index in [0.29, 0.717) is 36.7 Å². The highest BCUT2D eigenvalue weighted by molar-refractivity contribution is 6.10. The molecule has 2 N–H and O–H groups in total. The van der Waals surface area contributed by atoms with Crippen molar-refractivity contribution in [1.29, 1.82) is 0 Å². The normalized spacial score (nSPS) is 23.5. The predicted octanol–water partition coefficient (Wildman–Crippen LogP) is 1.25. The lowest BCUT2D eigenvalue weighted by Crippen LogP contribution is -3.15. The molecule has 31 heavy (non-hydrogen) atoms. The van der Waals surface area contributed by atoms with Crippen molar-refractivity contribution in [2.24, 2.45) is 0 Å². The number of nitrogens with zero attached hydrogens (tertiary/aromatic N) is 1. The summed E-state index contributed by atoms with van der Waals surface area (Å²) in [6.45, 7) is 3.44. The van der Waals surface area contributed by atoms with Crippen molar-refractivity contribution in [2.75, 3.05) is 37.9 Å². The number of quaternary nitrogens is 1. The molecule has 0 spiro atoms. The molecule has 1 amide bonds. The van der Waals surface area contributed by atoms with Gasteiger partial charge in [-0.2, -0.15) is 0 Å². The fraction of sp³-hybridized carbons (Fsp3) is 0.440. The predicted molar refractivity (Wildman–Crippen MR) is 116 cm³/mol. The van der Waals surface area contributed by atoms with Crippen molar-refractivity contribution >= 4 is 17.4 Å². The summed E-state index contributed by atoms with van der Waals surface area (Å²) in [4.78, 5) is 29.5. The molecular weight excluding hydrogens is 392 g/mol. The highest BCUT2D eigenvalue weighted by Crippen LogP contribution is 2.42. The number of benzene rings is 2. The molecule has 2 aromatic carbocycles. The van der Waals surface area contributed by atoms with E-state index in [4.69, 9.17) is 4.74 Å². The highest BCUT2D eigenvalue weighted by Gasteiger charge is 2.51. The summed E-state index contributed by atoms with van der Waals surface area (Å²) in [5.41, 5.74) is 2.51. The fourth-order valence-electron chi connectivity index (χ4n) is 5.12. The Bertz CT molecular complexity index is 1010. The number of aliphatic hydroxyl groups is 1. The molecule has 2 aliphatic heterocycles. The van der Waals surface area contributed by atoms with E-state index in [1.807, 2.05) is 36.4 Å². The van der Waals surface area contributed by atoms with Crippen molar-refractivity contribution in [1.82, 2.24) is 0 Å². The van der Waals surface area contributed by atoms with Crippen molar-refractivity contribution in [3.05, 3.63) is 64.7 Å². The Balaban J connectivity index is 1.41. The number of carbonyl (C=O) groups is 2. The zero-order chi connectivity index (χ0) is 21.4. The van der Waals surface area contributed by atoms with Gasteiger partial charge in [0.15, 0.2) is 18.1 Å². The summed E-state index contributed by atoms with van der Waals surface area (Å²) in [5.74, 6) is -0.599. The van der Waals surface area contributed by atoms with Crippen LogP contribution < -0.4 is 9.80 Å². The van der Waals surface area contributed by atoms with Crippen LogP contribution in [-0.4, -0.2) is 49.8 Å². The van der Waals surface area contributed by atoms with Gasteiger partial charge in [-0.1, -0.05) is 30.3 Å². The van der Waals surface area contributed by atoms with Gasteiger partial charge in [0.1, 0.15) is 13.1 Å². The van der Waals surface area contributed by atoms with E-state index in [1.54, 1.807) is 11.0 Å². The number of anilines is 1. The molecule has 6 heteroatoms. The van der Waals surface area contributed by atoms with Crippen LogP contribution in [0.1, 0.15) is 46.3 Å². The molecule has 0 radical (unpaired) electrons. The van der Waals surface area contributed by atoms with Gasteiger partial charge < -0.3 is 14.7 Å². The van der Waals surface area contributed by atoms with Crippen LogP contribution in [0.2, 0.25) is 0 Å². The summed E-state index contributed by atoms with van der Waals surface area (Å²) in [6, 6.07) is 13.1. The number of rotatable bonds is 5. The maximum Gasteiger partial charge on any atom is 0.268 e. The number of hydrogen-bond acceptors (Lipinski definition) is 4. The van der Waals surface area contributed by atoms with E-state index in [2.05, 4.69) is 0 Å². The van der Waals surface area contributed by atoms with E-state index in [1.165, 1.54) is 22.4 Å². The minimum atomic E-state index is -1.82. The summed E-state index contributed by atoms with van der Waals surface area (Å²) in [6.07, 6.45) is 4.12. The van der Waals surface area contributed by atoms with Crippen LogP contribution in [-0.2, 0) is 28.0 Å². The first kappa shape index (κ1) is 20.4. The first-order chi connectivity index (χ1) is 15.1. The second-order valence-electron chi connectivity index (χ2n) is 8.92. The van der Waals surface area contributed by atoms with Gasteiger partial charge in [-0.05, 0) is 48.9 Å². The Labute approximate surface area is 182 Å². The molecule has 1 aliphatic carbocycles. The van der Waals surface area contributed by atoms with Crippen LogP contribution in [0.15, 0.2) is 42.5 Å². The number of ether oxygens (including phenoxy) is 1. The summed E-state index contributed by atoms with van der Waals surface area (Å²) in [5, 5.41) is 11.5. The molecule has 0 bridgehead atoms. The zero-order valence-electron chi connectivity index (χ0n) is 17.7.